The maximum Gasteiger partial charge on any atom is 0.272 e. The zero-order valence-electron chi connectivity index (χ0n) is 16.2. The zero-order chi connectivity index (χ0) is 20.3. The van der Waals surface area contributed by atoms with Crippen LogP contribution >= 0.6 is 23.2 Å². The summed E-state index contributed by atoms with van der Waals surface area (Å²) in [7, 11) is 0. The van der Waals surface area contributed by atoms with E-state index in [2.05, 4.69) is 19.2 Å². The second-order valence-electron chi connectivity index (χ2n) is 7.01. The van der Waals surface area contributed by atoms with Crippen LogP contribution in [-0.4, -0.2) is 22.0 Å². The predicted molar refractivity (Wildman–Crippen MR) is 116 cm³/mol. The molecule has 4 nitrogen and oxygen atoms in total. The number of imidazole rings is 1. The molecule has 3 rings (SSSR count). The van der Waals surface area contributed by atoms with Crippen LogP contribution < -0.4 is 5.32 Å². The number of hydrogen-bond donors (Lipinski definition) is 1. The maximum absolute atomic E-state index is 12.8. The summed E-state index contributed by atoms with van der Waals surface area (Å²) in [6.45, 7) is 6.67. The fraction of sp³-hybridized carbons (Fsp3) is 0.273. The van der Waals surface area contributed by atoms with Crippen molar-refractivity contribution in [1.29, 1.82) is 0 Å². The van der Waals surface area contributed by atoms with Gasteiger partial charge in [-0.3, -0.25) is 9.36 Å². The van der Waals surface area contributed by atoms with Gasteiger partial charge in [0.25, 0.3) is 5.91 Å². The predicted octanol–water partition coefficient (Wildman–Crippen LogP) is 5.79. The average Bonchev–Trinajstić information content (AvgIpc) is 3.00. The van der Waals surface area contributed by atoms with Gasteiger partial charge in [-0.25, -0.2) is 4.98 Å². The zero-order valence-corrected chi connectivity index (χ0v) is 17.7. The molecule has 2 aromatic carbocycles. The Balaban J connectivity index is 2.34. The number of nitrogens with one attached hydrogen (secondary N) is 1. The molecule has 146 valence electrons. The largest absolute Gasteiger partial charge is 0.351 e. The van der Waals surface area contributed by atoms with E-state index >= 15 is 0 Å². The van der Waals surface area contributed by atoms with Crippen LogP contribution in [0.1, 0.15) is 37.1 Å². The number of benzene rings is 2. The van der Waals surface area contributed by atoms with E-state index in [4.69, 9.17) is 28.2 Å². The van der Waals surface area contributed by atoms with Crippen LogP contribution in [0.5, 0.6) is 0 Å². The van der Waals surface area contributed by atoms with Gasteiger partial charge < -0.3 is 5.32 Å². The standard InChI is InChI=1S/C22H23Cl2N3O/c1-4-25-22(28)20-21(15-7-5-8-16(23)12-15)27(19(26-20)11-14(2)3)18-10-6-9-17(24)13-18/h5-10,12-14H,4,11H2,1-3H3,(H,25,28). The lowest BCUT2D eigenvalue weighted by molar-refractivity contribution is 0.0952. The normalized spacial score (nSPS) is 11.1. The Morgan fingerprint density at radius 1 is 1.11 bits per heavy atom. The molecule has 0 bridgehead atoms. The van der Waals surface area contributed by atoms with Crippen molar-refractivity contribution in [2.75, 3.05) is 6.54 Å². The lowest BCUT2D eigenvalue weighted by atomic mass is 10.1. The number of aromatic nitrogens is 2. The van der Waals surface area contributed by atoms with Crippen LogP contribution in [0.4, 0.5) is 0 Å². The summed E-state index contributed by atoms with van der Waals surface area (Å²) in [6.07, 6.45) is 0.722. The van der Waals surface area contributed by atoms with E-state index in [1.165, 1.54) is 0 Å². The van der Waals surface area contributed by atoms with Gasteiger partial charge in [0.1, 0.15) is 5.82 Å². The monoisotopic (exact) mass is 415 g/mol. The summed E-state index contributed by atoms with van der Waals surface area (Å²) >= 11 is 12.5. The van der Waals surface area contributed by atoms with E-state index in [0.29, 0.717) is 33.9 Å². The number of nitrogens with zero attached hydrogens (tertiary/aromatic N) is 2. The second-order valence-corrected chi connectivity index (χ2v) is 7.88. The Morgan fingerprint density at radius 3 is 2.39 bits per heavy atom. The van der Waals surface area contributed by atoms with Crippen LogP contribution in [0.25, 0.3) is 16.9 Å². The molecule has 3 aromatic rings. The molecule has 1 amide bonds. The van der Waals surface area contributed by atoms with Gasteiger partial charge in [0.15, 0.2) is 5.69 Å². The van der Waals surface area contributed by atoms with E-state index in [1.54, 1.807) is 0 Å². The number of amides is 1. The molecule has 0 atom stereocenters. The van der Waals surface area contributed by atoms with Crippen molar-refractivity contribution < 1.29 is 4.79 Å². The van der Waals surface area contributed by atoms with Crippen molar-refractivity contribution in [3.63, 3.8) is 0 Å². The third-order valence-corrected chi connectivity index (χ3v) is 4.72. The fourth-order valence-corrected chi connectivity index (χ4v) is 3.54. The quantitative estimate of drug-likeness (QED) is 0.553. The topological polar surface area (TPSA) is 46.9 Å². The van der Waals surface area contributed by atoms with Gasteiger partial charge in [-0.2, -0.15) is 0 Å². The molecule has 1 N–H and O–H groups in total. The molecule has 0 saturated heterocycles. The fourth-order valence-electron chi connectivity index (χ4n) is 3.17. The molecule has 28 heavy (non-hydrogen) atoms. The molecular weight excluding hydrogens is 393 g/mol. The first-order valence-corrected chi connectivity index (χ1v) is 10.1. The molecule has 0 spiro atoms. The SMILES string of the molecule is CCNC(=O)c1nc(CC(C)C)n(-c2cccc(Cl)c2)c1-c1cccc(Cl)c1. The Kier molecular flexibility index (Phi) is 6.42. The van der Waals surface area contributed by atoms with E-state index in [0.717, 1.165) is 23.5 Å². The molecule has 0 aliphatic carbocycles. The lowest BCUT2D eigenvalue weighted by Gasteiger charge is -2.15. The molecule has 0 fully saturated rings. The van der Waals surface area contributed by atoms with E-state index in [-0.39, 0.29) is 5.91 Å². The van der Waals surface area contributed by atoms with Gasteiger partial charge in [-0.15, -0.1) is 0 Å². The van der Waals surface area contributed by atoms with Crippen molar-refractivity contribution in [2.24, 2.45) is 5.92 Å². The van der Waals surface area contributed by atoms with Gasteiger partial charge in [0.05, 0.1) is 5.69 Å². The molecule has 0 saturated carbocycles. The van der Waals surface area contributed by atoms with Gasteiger partial charge in [0, 0.05) is 34.3 Å². The van der Waals surface area contributed by atoms with Gasteiger partial charge in [-0.05, 0) is 43.2 Å². The third kappa shape index (κ3) is 4.40. The molecule has 0 aliphatic rings. The number of halogens is 2. The van der Waals surface area contributed by atoms with Crippen LogP contribution in [0.3, 0.4) is 0 Å². The van der Waals surface area contributed by atoms with Crippen LogP contribution in [0.15, 0.2) is 48.5 Å². The van der Waals surface area contributed by atoms with Gasteiger partial charge >= 0.3 is 0 Å². The van der Waals surface area contributed by atoms with Crippen LogP contribution in [0.2, 0.25) is 10.0 Å². The van der Waals surface area contributed by atoms with Crippen LogP contribution in [-0.2, 0) is 6.42 Å². The summed E-state index contributed by atoms with van der Waals surface area (Å²) in [5, 5.41) is 4.09. The van der Waals surface area contributed by atoms with Crippen molar-refractivity contribution in [1.82, 2.24) is 14.9 Å². The maximum atomic E-state index is 12.8. The smallest absolute Gasteiger partial charge is 0.272 e. The number of rotatable bonds is 6. The van der Waals surface area contributed by atoms with Crippen molar-refractivity contribution in [3.8, 4) is 16.9 Å². The highest BCUT2D eigenvalue weighted by Crippen LogP contribution is 2.32. The van der Waals surface area contributed by atoms with Crippen LogP contribution in [0, 0.1) is 5.92 Å². The Hall–Kier alpha value is -2.30. The number of carbonyl (C=O) groups is 1. The molecule has 1 heterocycles. The van der Waals surface area contributed by atoms with Crippen molar-refractivity contribution >= 4 is 29.1 Å². The third-order valence-electron chi connectivity index (χ3n) is 4.25. The Morgan fingerprint density at radius 2 is 1.79 bits per heavy atom. The first-order valence-electron chi connectivity index (χ1n) is 9.32. The number of hydrogen-bond acceptors (Lipinski definition) is 2. The summed E-state index contributed by atoms with van der Waals surface area (Å²) < 4.78 is 2.02. The minimum Gasteiger partial charge on any atom is -0.351 e. The Bertz CT molecular complexity index is 995. The second kappa shape index (κ2) is 8.80. The number of carbonyl (C=O) groups excluding carboxylic acids is 1. The molecular formula is C22H23Cl2N3O. The van der Waals surface area contributed by atoms with Crippen molar-refractivity contribution in [2.45, 2.75) is 27.2 Å². The average molecular weight is 416 g/mol. The molecule has 1 aromatic heterocycles. The minimum atomic E-state index is -0.205. The summed E-state index contributed by atoms with van der Waals surface area (Å²) in [6, 6.07) is 15.0. The molecule has 0 aliphatic heterocycles. The molecule has 0 unspecified atom stereocenters. The highest BCUT2D eigenvalue weighted by molar-refractivity contribution is 6.31. The summed E-state index contributed by atoms with van der Waals surface area (Å²) in [5.74, 6) is 0.978. The van der Waals surface area contributed by atoms with Gasteiger partial charge in [-0.1, -0.05) is 55.2 Å². The minimum absolute atomic E-state index is 0.205. The van der Waals surface area contributed by atoms with E-state index in [9.17, 15) is 4.79 Å². The van der Waals surface area contributed by atoms with Gasteiger partial charge in [0.2, 0.25) is 0 Å². The first kappa shape index (κ1) is 20.4. The first-order chi connectivity index (χ1) is 13.4. The highest BCUT2D eigenvalue weighted by Gasteiger charge is 2.25. The highest BCUT2D eigenvalue weighted by atomic mass is 35.5. The summed E-state index contributed by atoms with van der Waals surface area (Å²) in [4.78, 5) is 17.6. The molecule has 0 radical (unpaired) electrons. The Labute approximate surface area is 175 Å². The summed E-state index contributed by atoms with van der Waals surface area (Å²) in [5.41, 5.74) is 2.79. The van der Waals surface area contributed by atoms with E-state index < -0.39 is 0 Å². The van der Waals surface area contributed by atoms with E-state index in [1.807, 2.05) is 60.0 Å². The molecule has 6 heteroatoms. The van der Waals surface area contributed by atoms with Crippen molar-refractivity contribution in [3.05, 3.63) is 70.1 Å². The lowest BCUT2D eigenvalue weighted by Crippen LogP contribution is -2.23.